The Morgan fingerprint density at radius 2 is 1.80 bits per heavy atom. The van der Waals surface area contributed by atoms with E-state index in [4.69, 9.17) is 9.94 Å². The second kappa shape index (κ2) is 9.71. The number of carboxylic acids is 1. The molecule has 1 aliphatic rings. The summed E-state index contributed by atoms with van der Waals surface area (Å²) < 4.78 is 55.5. The fourth-order valence-electron chi connectivity index (χ4n) is 3.34. The summed E-state index contributed by atoms with van der Waals surface area (Å²) in [7, 11) is 0. The Kier molecular flexibility index (Phi) is 7.04. The smallest absolute Gasteiger partial charge is 0.307 e. The molecule has 0 amide bonds. The van der Waals surface area contributed by atoms with E-state index in [1.54, 1.807) is 0 Å². The number of hydrogen-bond donors (Lipinski definition) is 1. The minimum Gasteiger partial charge on any atom is -0.481 e. The number of benzene rings is 2. The first kappa shape index (κ1) is 21.8. The van der Waals surface area contributed by atoms with Crippen LogP contribution in [0, 0.1) is 29.2 Å². The summed E-state index contributed by atoms with van der Waals surface area (Å²) >= 11 is 0. The molecule has 1 fully saturated rings. The zero-order valence-corrected chi connectivity index (χ0v) is 16.0. The largest absolute Gasteiger partial charge is 0.481 e. The third-order valence-electron chi connectivity index (χ3n) is 4.88. The fraction of sp³-hybridized carbons (Fsp3) is 0.333. The van der Waals surface area contributed by atoms with Crippen molar-refractivity contribution in [3.63, 3.8) is 0 Å². The van der Waals surface area contributed by atoms with E-state index in [-0.39, 0.29) is 23.4 Å². The monoisotopic (exact) mass is 424 g/mol. The standard InChI is InChI=1S/C21H20F4N2O3/c22-14-4-6-18(24)17(10-14)20(16-5-3-15(23)11-19(16)25)26-30-9-8-27-7-1-2-13(12-27)21(28)29/h3-6,10-11,13H,1-2,7-9,12H2,(H,28,29)/b26-20-/t13-/m1/s1. The average Bonchev–Trinajstić information content (AvgIpc) is 2.71. The van der Waals surface area contributed by atoms with Crippen LogP contribution in [-0.2, 0) is 9.63 Å². The first-order chi connectivity index (χ1) is 14.3. The highest BCUT2D eigenvalue weighted by Gasteiger charge is 2.25. The Bertz CT molecular complexity index is 952. The third kappa shape index (κ3) is 5.35. The number of piperidine rings is 1. The van der Waals surface area contributed by atoms with E-state index in [1.165, 1.54) is 0 Å². The molecule has 0 spiro atoms. The van der Waals surface area contributed by atoms with Gasteiger partial charge in [0.05, 0.1) is 5.92 Å². The maximum Gasteiger partial charge on any atom is 0.307 e. The van der Waals surface area contributed by atoms with Gasteiger partial charge in [0.1, 0.15) is 35.6 Å². The number of hydrogen-bond acceptors (Lipinski definition) is 4. The van der Waals surface area contributed by atoms with Crippen molar-refractivity contribution in [2.75, 3.05) is 26.2 Å². The lowest BCUT2D eigenvalue weighted by molar-refractivity contribution is -0.143. The molecule has 30 heavy (non-hydrogen) atoms. The topological polar surface area (TPSA) is 62.1 Å². The van der Waals surface area contributed by atoms with E-state index < -0.39 is 35.2 Å². The van der Waals surface area contributed by atoms with Gasteiger partial charge in [-0.1, -0.05) is 5.16 Å². The van der Waals surface area contributed by atoms with Crippen molar-refractivity contribution in [3.8, 4) is 0 Å². The van der Waals surface area contributed by atoms with Crippen LogP contribution in [0.25, 0.3) is 0 Å². The highest BCUT2D eigenvalue weighted by Crippen LogP contribution is 2.20. The Morgan fingerprint density at radius 3 is 2.53 bits per heavy atom. The van der Waals surface area contributed by atoms with E-state index in [9.17, 15) is 22.4 Å². The number of carboxylic acid groups (broad SMARTS) is 1. The molecule has 3 rings (SSSR count). The molecular weight excluding hydrogens is 404 g/mol. The van der Waals surface area contributed by atoms with Crippen LogP contribution in [0.5, 0.6) is 0 Å². The minimum absolute atomic E-state index is 0.0234. The van der Waals surface area contributed by atoms with Crippen molar-refractivity contribution in [1.82, 2.24) is 4.90 Å². The van der Waals surface area contributed by atoms with Gasteiger partial charge in [0.2, 0.25) is 0 Å². The maximum atomic E-state index is 14.3. The molecule has 2 aromatic carbocycles. The van der Waals surface area contributed by atoms with Crippen LogP contribution in [0.2, 0.25) is 0 Å². The summed E-state index contributed by atoms with van der Waals surface area (Å²) in [6.07, 6.45) is 1.35. The highest BCUT2D eigenvalue weighted by atomic mass is 19.1. The van der Waals surface area contributed by atoms with E-state index in [2.05, 4.69) is 5.16 Å². The van der Waals surface area contributed by atoms with Crippen LogP contribution < -0.4 is 0 Å². The quantitative estimate of drug-likeness (QED) is 0.318. The highest BCUT2D eigenvalue weighted by molar-refractivity contribution is 6.12. The number of aliphatic carboxylic acids is 1. The lowest BCUT2D eigenvalue weighted by Crippen LogP contribution is -2.40. The molecule has 0 aliphatic carbocycles. The Labute approximate surface area is 170 Å². The summed E-state index contributed by atoms with van der Waals surface area (Å²) in [5.41, 5.74) is -0.888. The SMILES string of the molecule is O=C(O)[C@@H]1CCCN(CCO/N=C(/c2ccc(F)cc2F)c2cc(F)ccc2F)C1. The van der Waals surface area contributed by atoms with Crippen LogP contribution in [0.3, 0.4) is 0 Å². The molecule has 9 heteroatoms. The van der Waals surface area contributed by atoms with Crippen molar-refractivity contribution in [3.05, 3.63) is 70.8 Å². The molecule has 1 aliphatic heterocycles. The Morgan fingerprint density at radius 1 is 1.07 bits per heavy atom. The lowest BCUT2D eigenvalue weighted by atomic mass is 9.98. The number of oxime groups is 1. The molecule has 5 nitrogen and oxygen atoms in total. The summed E-state index contributed by atoms with van der Waals surface area (Å²) in [5.74, 6) is -4.73. The molecule has 0 bridgehead atoms. The number of carbonyl (C=O) groups is 1. The van der Waals surface area contributed by atoms with Crippen LogP contribution in [-0.4, -0.2) is 47.9 Å². The van der Waals surface area contributed by atoms with Crippen LogP contribution in [0.15, 0.2) is 41.6 Å². The molecule has 160 valence electrons. The molecule has 1 heterocycles. The van der Waals surface area contributed by atoms with E-state index in [1.807, 2.05) is 4.90 Å². The lowest BCUT2D eigenvalue weighted by Gasteiger charge is -2.29. The van der Waals surface area contributed by atoms with Gasteiger partial charge in [-0.3, -0.25) is 9.69 Å². The molecule has 0 radical (unpaired) electrons. The number of halogens is 4. The zero-order chi connectivity index (χ0) is 21.7. The van der Waals surface area contributed by atoms with Gasteiger partial charge in [0.25, 0.3) is 0 Å². The number of nitrogens with zero attached hydrogens (tertiary/aromatic N) is 2. The number of likely N-dealkylation sites (tertiary alicyclic amines) is 1. The van der Waals surface area contributed by atoms with Gasteiger partial charge in [0, 0.05) is 30.3 Å². The fourth-order valence-corrected chi connectivity index (χ4v) is 3.34. The summed E-state index contributed by atoms with van der Waals surface area (Å²) in [6.45, 7) is 1.46. The molecule has 1 saturated heterocycles. The maximum absolute atomic E-state index is 14.3. The van der Waals surface area contributed by atoms with Crippen molar-refractivity contribution in [1.29, 1.82) is 0 Å². The summed E-state index contributed by atoms with van der Waals surface area (Å²) in [4.78, 5) is 18.3. The van der Waals surface area contributed by atoms with Gasteiger partial charge in [-0.2, -0.15) is 0 Å². The molecule has 1 N–H and O–H groups in total. The average molecular weight is 424 g/mol. The first-order valence-electron chi connectivity index (χ1n) is 9.41. The van der Waals surface area contributed by atoms with Gasteiger partial charge in [0.15, 0.2) is 0 Å². The van der Waals surface area contributed by atoms with Gasteiger partial charge >= 0.3 is 5.97 Å². The second-order valence-electron chi connectivity index (χ2n) is 7.00. The minimum atomic E-state index is -0.999. The van der Waals surface area contributed by atoms with Crippen LogP contribution >= 0.6 is 0 Å². The van der Waals surface area contributed by atoms with Crippen molar-refractivity contribution in [2.45, 2.75) is 12.8 Å². The predicted octanol–water partition coefficient (Wildman–Crippen LogP) is 3.81. The number of rotatable bonds is 7. The molecule has 0 unspecified atom stereocenters. The molecule has 0 saturated carbocycles. The summed E-state index contributed by atoms with van der Waals surface area (Å²) in [6, 6.07) is 5.30. The molecule has 1 atom stereocenters. The Hall–Kier alpha value is -2.94. The summed E-state index contributed by atoms with van der Waals surface area (Å²) in [5, 5.41) is 12.9. The van der Waals surface area contributed by atoms with Gasteiger partial charge in [-0.25, -0.2) is 17.6 Å². The van der Waals surface area contributed by atoms with E-state index >= 15 is 0 Å². The normalized spacial score (nSPS) is 17.7. The van der Waals surface area contributed by atoms with Crippen molar-refractivity contribution < 1.29 is 32.3 Å². The van der Waals surface area contributed by atoms with Crippen LogP contribution in [0.1, 0.15) is 24.0 Å². The van der Waals surface area contributed by atoms with Crippen molar-refractivity contribution >= 4 is 11.7 Å². The van der Waals surface area contributed by atoms with Gasteiger partial charge in [-0.15, -0.1) is 0 Å². The third-order valence-corrected chi connectivity index (χ3v) is 4.88. The molecule has 2 aromatic rings. The van der Waals surface area contributed by atoms with Crippen molar-refractivity contribution in [2.24, 2.45) is 11.1 Å². The second-order valence-corrected chi connectivity index (χ2v) is 7.00. The van der Waals surface area contributed by atoms with Gasteiger partial charge < -0.3 is 9.94 Å². The Balaban J connectivity index is 1.78. The molecule has 0 aromatic heterocycles. The van der Waals surface area contributed by atoms with Gasteiger partial charge in [-0.05, 0) is 49.7 Å². The van der Waals surface area contributed by atoms with E-state index in [0.717, 1.165) is 36.8 Å². The molecular formula is C21H20F4N2O3. The zero-order valence-electron chi connectivity index (χ0n) is 16.0. The first-order valence-corrected chi connectivity index (χ1v) is 9.41. The predicted molar refractivity (Wildman–Crippen MR) is 101 cm³/mol. The van der Waals surface area contributed by atoms with Crippen LogP contribution in [0.4, 0.5) is 17.6 Å². The van der Waals surface area contributed by atoms with E-state index in [0.29, 0.717) is 32.1 Å².